The average molecular weight is 376 g/mol. The first kappa shape index (κ1) is 17.7. The van der Waals surface area contributed by atoms with Crippen LogP contribution in [-0.4, -0.2) is 24.0 Å². The Hall–Kier alpha value is -1.31. The van der Waals surface area contributed by atoms with Gasteiger partial charge in [-0.3, -0.25) is 4.79 Å². The summed E-state index contributed by atoms with van der Waals surface area (Å²) in [4.78, 5) is 15.6. The van der Waals surface area contributed by atoms with Gasteiger partial charge in [-0.2, -0.15) is 0 Å². The van der Waals surface area contributed by atoms with Gasteiger partial charge in [0.2, 0.25) is 5.91 Å². The number of rotatable bonds is 3. The van der Waals surface area contributed by atoms with Crippen LogP contribution in [0.4, 0.5) is 5.69 Å². The second kappa shape index (κ2) is 7.98. The van der Waals surface area contributed by atoms with E-state index in [4.69, 9.17) is 5.73 Å². The highest BCUT2D eigenvalue weighted by atomic mass is 127. The van der Waals surface area contributed by atoms with Crippen molar-refractivity contribution < 1.29 is 4.79 Å². The van der Waals surface area contributed by atoms with Gasteiger partial charge < -0.3 is 16.4 Å². The fourth-order valence-electron chi connectivity index (χ4n) is 1.30. The summed E-state index contributed by atoms with van der Waals surface area (Å²) in [7, 11) is 0. The lowest BCUT2D eigenvalue weighted by Gasteiger charge is -2.20. The molecule has 0 saturated heterocycles. The second-order valence-electron chi connectivity index (χ2n) is 4.99. The molecule has 0 heterocycles. The standard InChI is InChI=1S/C13H20N4O.HI/c1-13(2,3)17-12(14)15-9-11(18)16-10-7-5-4-6-8-10;/h4-8H,9H2,1-3H3,(H,16,18)(H3,14,15,17);1H. The summed E-state index contributed by atoms with van der Waals surface area (Å²) < 4.78 is 0. The van der Waals surface area contributed by atoms with Crippen molar-refractivity contribution in [1.82, 2.24) is 5.32 Å². The van der Waals surface area contributed by atoms with E-state index in [-0.39, 0.29) is 47.9 Å². The Labute approximate surface area is 131 Å². The summed E-state index contributed by atoms with van der Waals surface area (Å²) in [5, 5.41) is 5.72. The Balaban J connectivity index is 0.00000324. The molecule has 0 unspecified atom stereocenters. The zero-order chi connectivity index (χ0) is 13.6. The molecule has 0 aliphatic heterocycles. The van der Waals surface area contributed by atoms with E-state index < -0.39 is 0 Å². The van der Waals surface area contributed by atoms with Gasteiger partial charge in [0.05, 0.1) is 0 Å². The van der Waals surface area contributed by atoms with Crippen LogP contribution in [0.3, 0.4) is 0 Å². The minimum Gasteiger partial charge on any atom is -0.370 e. The van der Waals surface area contributed by atoms with E-state index in [2.05, 4.69) is 15.6 Å². The third-order valence-corrected chi connectivity index (χ3v) is 1.95. The van der Waals surface area contributed by atoms with Gasteiger partial charge in [-0.1, -0.05) is 18.2 Å². The molecule has 0 bridgehead atoms. The van der Waals surface area contributed by atoms with Crippen molar-refractivity contribution in [2.75, 3.05) is 11.9 Å². The molecule has 0 spiro atoms. The number of carbonyl (C=O) groups is 1. The minimum atomic E-state index is -0.195. The molecule has 19 heavy (non-hydrogen) atoms. The van der Waals surface area contributed by atoms with Crippen molar-refractivity contribution in [2.45, 2.75) is 26.3 Å². The molecule has 0 atom stereocenters. The molecule has 4 N–H and O–H groups in total. The molecule has 5 nitrogen and oxygen atoms in total. The maximum absolute atomic E-state index is 11.6. The number of nitrogens with one attached hydrogen (secondary N) is 2. The van der Waals surface area contributed by atoms with E-state index >= 15 is 0 Å². The maximum atomic E-state index is 11.6. The van der Waals surface area contributed by atoms with Crippen molar-refractivity contribution in [3.8, 4) is 0 Å². The lowest BCUT2D eigenvalue weighted by atomic mass is 10.1. The highest BCUT2D eigenvalue weighted by molar-refractivity contribution is 14.0. The Morgan fingerprint density at radius 3 is 2.37 bits per heavy atom. The van der Waals surface area contributed by atoms with Crippen molar-refractivity contribution >= 4 is 41.5 Å². The number of guanidine groups is 1. The molecule has 0 aliphatic rings. The van der Waals surface area contributed by atoms with Gasteiger partial charge in [-0.25, -0.2) is 4.99 Å². The highest BCUT2D eigenvalue weighted by Crippen LogP contribution is 2.04. The number of benzene rings is 1. The molecule has 106 valence electrons. The third kappa shape index (κ3) is 8.41. The summed E-state index contributed by atoms with van der Waals surface area (Å²) in [6, 6.07) is 9.23. The third-order valence-electron chi connectivity index (χ3n) is 1.95. The Morgan fingerprint density at radius 2 is 1.84 bits per heavy atom. The zero-order valence-corrected chi connectivity index (χ0v) is 13.8. The molecule has 1 aromatic rings. The number of amides is 1. The van der Waals surface area contributed by atoms with Crippen molar-refractivity contribution in [2.24, 2.45) is 10.7 Å². The van der Waals surface area contributed by atoms with E-state index in [0.717, 1.165) is 5.69 Å². The van der Waals surface area contributed by atoms with Crippen molar-refractivity contribution in [3.63, 3.8) is 0 Å². The van der Waals surface area contributed by atoms with E-state index in [1.807, 2.05) is 51.1 Å². The quantitative estimate of drug-likeness (QED) is 0.429. The Bertz CT molecular complexity index is 426. The number of carbonyl (C=O) groups excluding carboxylic acids is 1. The first-order valence-corrected chi connectivity index (χ1v) is 5.80. The Kier molecular flexibility index (Phi) is 7.43. The molecular weight excluding hydrogens is 355 g/mol. The summed E-state index contributed by atoms with van der Waals surface area (Å²) in [5.41, 5.74) is 6.25. The molecule has 1 rings (SSSR count). The molecule has 0 aromatic heterocycles. The zero-order valence-electron chi connectivity index (χ0n) is 11.4. The van der Waals surface area contributed by atoms with Crippen LogP contribution in [0.25, 0.3) is 0 Å². The van der Waals surface area contributed by atoms with Gasteiger partial charge in [0.1, 0.15) is 6.54 Å². The lowest BCUT2D eigenvalue weighted by Crippen LogP contribution is -2.45. The maximum Gasteiger partial charge on any atom is 0.246 e. The predicted octanol–water partition coefficient (Wildman–Crippen LogP) is 1.95. The van der Waals surface area contributed by atoms with E-state index in [9.17, 15) is 4.79 Å². The van der Waals surface area contributed by atoms with Crippen molar-refractivity contribution in [1.29, 1.82) is 0 Å². The largest absolute Gasteiger partial charge is 0.370 e. The fourth-order valence-corrected chi connectivity index (χ4v) is 1.30. The lowest BCUT2D eigenvalue weighted by molar-refractivity contribution is -0.114. The summed E-state index contributed by atoms with van der Waals surface area (Å²) in [6.07, 6.45) is 0. The number of aliphatic imine (C=N–C) groups is 1. The van der Waals surface area contributed by atoms with Gasteiger partial charge in [-0.05, 0) is 32.9 Å². The fraction of sp³-hybridized carbons (Fsp3) is 0.385. The normalized spacial score (nSPS) is 11.4. The summed E-state index contributed by atoms with van der Waals surface area (Å²) in [6.45, 7) is 5.92. The van der Waals surface area contributed by atoms with E-state index in [1.165, 1.54) is 0 Å². The van der Waals surface area contributed by atoms with Crippen LogP contribution in [0.15, 0.2) is 35.3 Å². The number of anilines is 1. The Morgan fingerprint density at radius 1 is 1.26 bits per heavy atom. The predicted molar refractivity (Wildman–Crippen MR) is 89.9 cm³/mol. The molecular formula is C13H21IN4O. The van der Waals surface area contributed by atoms with Crippen LogP contribution in [-0.2, 0) is 4.79 Å². The van der Waals surface area contributed by atoms with Gasteiger partial charge in [0, 0.05) is 11.2 Å². The van der Waals surface area contributed by atoms with Gasteiger partial charge in [-0.15, -0.1) is 24.0 Å². The number of nitrogens with zero attached hydrogens (tertiary/aromatic N) is 1. The molecule has 6 heteroatoms. The first-order chi connectivity index (χ1) is 8.37. The molecule has 0 radical (unpaired) electrons. The number of nitrogens with two attached hydrogens (primary N) is 1. The van der Waals surface area contributed by atoms with Crippen LogP contribution < -0.4 is 16.4 Å². The van der Waals surface area contributed by atoms with E-state index in [0.29, 0.717) is 0 Å². The summed E-state index contributed by atoms with van der Waals surface area (Å²) in [5.74, 6) is 0.0746. The number of halogens is 1. The topological polar surface area (TPSA) is 79.5 Å². The minimum absolute atomic E-state index is 0. The smallest absolute Gasteiger partial charge is 0.246 e. The number of hydrogen-bond acceptors (Lipinski definition) is 2. The molecule has 1 aromatic carbocycles. The van der Waals surface area contributed by atoms with Gasteiger partial charge >= 0.3 is 0 Å². The van der Waals surface area contributed by atoms with Crippen LogP contribution in [0.1, 0.15) is 20.8 Å². The van der Waals surface area contributed by atoms with Gasteiger partial charge in [0.15, 0.2) is 5.96 Å². The molecule has 0 aliphatic carbocycles. The van der Waals surface area contributed by atoms with Gasteiger partial charge in [0.25, 0.3) is 0 Å². The molecule has 0 saturated carbocycles. The van der Waals surface area contributed by atoms with Crippen LogP contribution in [0, 0.1) is 0 Å². The number of para-hydroxylation sites is 1. The van der Waals surface area contributed by atoms with Crippen LogP contribution >= 0.6 is 24.0 Å². The summed E-state index contributed by atoms with van der Waals surface area (Å²) >= 11 is 0. The SMILES string of the molecule is CC(C)(C)NC(N)=NCC(=O)Nc1ccccc1.I. The van der Waals surface area contributed by atoms with Crippen LogP contribution in [0.5, 0.6) is 0 Å². The average Bonchev–Trinajstić information content (AvgIpc) is 2.25. The first-order valence-electron chi connectivity index (χ1n) is 5.80. The monoisotopic (exact) mass is 376 g/mol. The highest BCUT2D eigenvalue weighted by Gasteiger charge is 2.10. The second-order valence-corrected chi connectivity index (χ2v) is 4.99. The van der Waals surface area contributed by atoms with Crippen molar-refractivity contribution in [3.05, 3.63) is 30.3 Å². The molecule has 1 amide bonds. The number of hydrogen-bond donors (Lipinski definition) is 3. The van der Waals surface area contributed by atoms with Crippen LogP contribution in [0.2, 0.25) is 0 Å². The van der Waals surface area contributed by atoms with E-state index in [1.54, 1.807) is 0 Å². The molecule has 0 fully saturated rings.